The number of hydrogen-bond donors (Lipinski definition) is 1. The average molecular weight is 225 g/mol. The van der Waals surface area contributed by atoms with Gasteiger partial charge in [0.05, 0.1) is 0 Å². The number of nitrogens with two attached hydrogens (primary N) is 1. The predicted molar refractivity (Wildman–Crippen MR) is 65.2 cm³/mol. The molecule has 2 rings (SSSR count). The van der Waals surface area contributed by atoms with Gasteiger partial charge in [0.15, 0.2) is 5.13 Å². The minimum absolute atomic E-state index is 0.612. The Hall–Kier alpha value is -0.610. The van der Waals surface area contributed by atoms with E-state index in [1.165, 1.54) is 30.7 Å². The first-order valence-electron chi connectivity index (χ1n) is 5.73. The van der Waals surface area contributed by atoms with Crippen LogP contribution in [0.4, 0.5) is 5.13 Å². The third kappa shape index (κ3) is 2.92. The number of thiazole rings is 1. The van der Waals surface area contributed by atoms with Crippen molar-refractivity contribution in [1.82, 2.24) is 4.98 Å². The van der Waals surface area contributed by atoms with E-state index in [-0.39, 0.29) is 0 Å². The van der Waals surface area contributed by atoms with Crippen molar-refractivity contribution < 1.29 is 0 Å². The van der Waals surface area contributed by atoms with Crippen LogP contribution in [0.5, 0.6) is 0 Å². The summed E-state index contributed by atoms with van der Waals surface area (Å²) in [6.45, 7) is 5.14. The summed E-state index contributed by atoms with van der Waals surface area (Å²) in [5.74, 6) is 0.918. The summed E-state index contributed by atoms with van der Waals surface area (Å²) in [5.41, 5.74) is 5.60. The zero-order chi connectivity index (χ0) is 10.7. The molecule has 2 N–H and O–H groups in total. The fourth-order valence-corrected chi connectivity index (χ4v) is 2.51. The number of rotatable bonds is 6. The standard InChI is InChI=1S/C11H19N3S/c1-2-5-14(8-9-3-4-9)11-13-7-10(6-12)15-11/h7,9H,2-6,8,12H2,1H3. The van der Waals surface area contributed by atoms with E-state index in [0.717, 1.165) is 17.6 Å². The summed E-state index contributed by atoms with van der Waals surface area (Å²) in [6.07, 6.45) is 5.89. The van der Waals surface area contributed by atoms with Crippen LogP contribution in [0.1, 0.15) is 31.1 Å². The Morgan fingerprint density at radius 2 is 2.40 bits per heavy atom. The van der Waals surface area contributed by atoms with Gasteiger partial charge >= 0.3 is 0 Å². The van der Waals surface area contributed by atoms with Gasteiger partial charge in [-0.1, -0.05) is 6.92 Å². The predicted octanol–water partition coefficient (Wildman–Crippen LogP) is 2.23. The lowest BCUT2D eigenvalue weighted by molar-refractivity contribution is 0.706. The smallest absolute Gasteiger partial charge is 0.185 e. The summed E-state index contributed by atoms with van der Waals surface area (Å²) in [4.78, 5) is 8.05. The molecule has 15 heavy (non-hydrogen) atoms. The maximum Gasteiger partial charge on any atom is 0.185 e. The second-order valence-electron chi connectivity index (χ2n) is 4.20. The minimum Gasteiger partial charge on any atom is -0.348 e. The molecule has 1 saturated carbocycles. The Bertz CT molecular complexity index is 307. The molecule has 84 valence electrons. The minimum atomic E-state index is 0.612. The third-order valence-electron chi connectivity index (χ3n) is 2.68. The molecule has 1 aliphatic rings. The lowest BCUT2D eigenvalue weighted by Crippen LogP contribution is -2.26. The third-order valence-corrected chi connectivity index (χ3v) is 3.76. The van der Waals surface area contributed by atoms with Crippen LogP contribution in [-0.4, -0.2) is 18.1 Å². The maximum atomic E-state index is 5.60. The van der Waals surface area contributed by atoms with Crippen LogP contribution in [-0.2, 0) is 6.54 Å². The molecule has 1 aromatic heterocycles. The molecule has 0 aromatic carbocycles. The fourth-order valence-electron chi connectivity index (χ4n) is 1.68. The zero-order valence-corrected chi connectivity index (χ0v) is 10.1. The lowest BCUT2D eigenvalue weighted by atomic mass is 10.3. The van der Waals surface area contributed by atoms with Crippen molar-refractivity contribution >= 4 is 16.5 Å². The van der Waals surface area contributed by atoms with Gasteiger partial charge in [-0.3, -0.25) is 0 Å². The Morgan fingerprint density at radius 1 is 1.60 bits per heavy atom. The molecular formula is C11H19N3S. The van der Waals surface area contributed by atoms with Crippen LogP contribution in [0.15, 0.2) is 6.20 Å². The Kier molecular flexibility index (Phi) is 3.59. The molecule has 0 saturated heterocycles. The second kappa shape index (κ2) is 4.94. The molecule has 3 nitrogen and oxygen atoms in total. The highest BCUT2D eigenvalue weighted by Crippen LogP contribution is 2.32. The molecular weight excluding hydrogens is 206 g/mol. The van der Waals surface area contributed by atoms with Gasteiger partial charge in [0.25, 0.3) is 0 Å². The molecule has 1 aliphatic carbocycles. The van der Waals surface area contributed by atoms with E-state index in [2.05, 4.69) is 16.8 Å². The first kappa shape index (κ1) is 10.9. The number of aromatic nitrogens is 1. The molecule has 1 fully saturated rings. The molecule has 0 radical (unpaired) electrons. The highest BCUT2D eigenvalue weighted by molar-refractivity contribution is 7.15. The Balaban J connectivity index is 2.00. The summed E-state index contributed by atoms with van der Waals surface area (Å²) < 4.78 is 0. The summed E-state index contributed by atoms with van der Waals surface area (Å²) >= 11 is 1.74. The SMILES string of the molecule is CCCN(CC1CC1)c1ncc(CN)s1. The van der Waals surface area contributed by atoms with Gasteiger partial charge in [0.2, 0.25) is 0 Å². The van der Waals surface area contributed by atoms with Crippen molar-refractivity contribution in [2.24, 2.45) is 11.7 Å². The largest absolute Gasteiger partial charge is 0.348 e. The van der Waals surface area contributed by atoms with Crippen molar-refractivity contribution in [3.05, 3.63) is 11.1 Å². The Morgan fingerprint density at radius 3 is 2.93 bits per heavy atom. The maximum absolute atomic E-state index is 5.60. The molecule has 0 spiro atoms. The van der Waals surface area contributed by atoms with Crippen molar-refractivity contribution in [2.45, 2.75) is 32.7 Å². The number of hydrogen-bond acceptors (Lipinski definition) is 4. The van der Waals surface area contributed by atoms with Crippen molar-refractivity contribution in [1.29, 1.82) is 0 Å². The van der Waals surface area contributed by atoms with Crippen LogP contribution < -0.4 is 10.6 Å². The van der Waals surface area contributed by atoms with Gasteiger partial charge in [-0.2, -0.15) is 0 Å². The van der Waals surface area contributed by atoms with Crippen LogP contribution >= 0.6 is 11.3 Å². The van der Waals surface area contributed by atoms with Crippen LogP contribution in [0.2, 0.25) is 0 Å². The van der Waals surface area contributed by atoms with E-state index >= 15 is 0 Å². The normalized spacial score (nSPS) is 15.6. The molecule has 1 aromatic rings. The lowest BCUT2D eigenvalue weighted by Gasteiger charge is -2.20. The molecule has 1 heterocycles. The topological polar surface area (TPSA) is 42.2 Å². The summed E-state index contributed by atoms with van der Waals surface area (Å²) in [7, 11) is 0. The summed E-state index contributed by atoms with van der Waals surface area (Å²) in [5, 5.41) is 1.16. The van der Waals surface area contributed by atoms with Crippen LogP contribution in [0.3, 0.4) is 0 Å². The van der Waals surface area contributed by atoms with Crippen LogP contribution in [0, 0.1) is 5.92 Å². The van der Waals surface area contributed by atoms with Gasteiger partial charge < -0.3 is 10.6 Å². The van der Waals surface area contributed by atoms with Gasteiger partial charge in [-0.15, -0.1) is 11.3 Å². The Labute approximate surface area is 95.3 Å². The highest BCUT2D eigenvalue weighted by atomic mass is 32.1. The molecule has 0 bridgehead atoms. The van der Waals surface area contributed by atoms with E-state index in [1.807, 2.05) is 6.20 Å². The van der Waals surface area contributed by atoms with Gasteiger partial charge in [-0.25, -0.2) is 4.98 Å². The van der Waals surface area contributed by atoms with E-state index < -0.39 is 0 Å². The quantitative estimate of drug-likeness (QED) is 0.807. The van der Waals surface area contributed by atoms with Crippen LogP contribution in [0.25, 0.3) is 0 Å². The zero-order valence-electron chi connectivity index (χ0n) is 9.28. The van der Waals surface area contributed by atoms with E-state index in [0.29, 0.717) is 6.54 Å². The molecule has 0 atom stereocenters. The molecule has 0 aliphatic heterocycles. The summed E-state index contributed by atoms with van der Waals surface area (Å²) in [6, 6.07) is 0. The monoisotopic (exact) mass is 225 g/mol. The first-order valence-corrected chi connectivity index (χ1v) is 6.54. The first-order chi connectivity index (χ1) is 7.33. The van der Waals surface area contributed by atoms with E-state index in [9.17, 15) is 0 Å². The van der Waals surface area contributed by atoms with Crippen molar-refractivity contribution in [3.8, 4) is 0 Å². The fraction of sp³-hybridized carbons (Fsp3) is 0.727. The van der Waals surface area contributed by atoms with Gasteiger partial charge in [0.1, 0.15) is 0 Å². The van der Waals surface area contributed by atoms with Crippen molar-refractivity contribution in [2.75, 3.05) is 18.0 Å². The van der Waals surface area contributed by atoms with Crippen molar-refractivity contribution in [3.63, 3.8) is 0 Å². The number of nitrogens with zero attached hydrogens (tertiary/aromatic N) is 2. The van der Waals surface area contributed by atoms with E-state index in [4.69, 9.17) is 5.73 Å². The number of anilines is 1. The molecule has 4 heteroatoms. The second-order valence-corrected chi connectivity index (χ2v) is 5.30. The van der Waals surface area contributed by atoms with Gasteiger partial charge in [-0.05, 0) is 25.2 Å². The van der Waals surface area contributed by atoms with Gasteiger partial charge in [0, 0.05) is 30.7 Å². The highest BCUT2D eigenvalue weighted by Gasteiger charge is 2.25. The molecule has 0 unspecified atom stereocenters. The van der Waals surface area contributed by atoms with E-state index in [1.54, 1.807) is 11.3 Å². The average Bonchev–Trinajstić information content (AvgIpc) is 2.94. The molecule has 0 amide bonds.